The third-order valence-corrected chi connectivity index (χ3v) is 10.1. The first-order valence-corrected chi connectivity index (χ1v) is 15.6. The largest absolute Gasteiger partial charge is 0.135 e. The van der Waals surface area contributed by atoms with Gasteiger partial charge < -0.3 is 0 Å². The topological polar surface area (TPSA) is 0 Å². The second-order valence-corrected chi connectivity index (χ2v) is 12.3. The van der Waals surface area contributed by atoms with E-state index in [9.17, 15) is 0 Å². The molecule has 0 aliphatic rings. The molecule has 0 aliphatic heterocycles. The molecular weight excluding hydrogens is 537 g/mol. The van der Waals surface area contributed by atoms with Crippen LogP contribution in [-0.4, -0.2) is 0 Å². The number of rotatable bonds is 3. The lowest BCUT2D eigenvalue weighted by Crippen LogP contribution is -1.92. The molecule has 0 nitrogen and oxygen atoms in total. The summed E-state index contributed by atoms with van der Waals surface area (Å²) in [6, 6.07) is 57.9. The van der Waals surface area contributed by atoms with Gasteiger partial charge in [0.05, 0.1) is 0 Å². The van der Waals surface area contributed by atoms with Gasteiger partial charge in [0.25, 0.3) is 0 Å². The van der Waals surface area contributed by atoms with Crippen molar-refractivity contribution in [2.75, 3.05) is 0 Å². The van der Waals surface area contributed by atoms with Crippen molar-refractivity contribution in [3.05, 3.63) is 158 Å². The van der Waals surface area contributed by atoms with Gasteiger partial charge in [-0.1, -0.05) is 146 Å². The Morgan fingerprint density at radius 3 is 1.63 bits per heavy atom. The van der Waals surface area contributed by atoms with E-state index in [4.69, 9.17) is 0 Å². The van der Waals surface area contributed by atoms with E-state index in [1.54, 1.807) is 0 Å². The number of hydrogen-bond donors (Lipinski definition) is 0. The normalized spacial score (nSPS) is 11.7. The Bertz CT molecular complexity index is 2440. The minimum absolute atomic E-state index is 1.25. The summed E-state index contributed by atoms with van der Waals surface area (Å²) in [6.45, 7) is 0. The summed E-state index contributed by atoms with van der Waals surface area (Å²) in [7, 11) is 0. The van der Waals surface area contributed by atoms with Crippen LogP contribution in [0, 0.1) is 0 Å². The highest BCUT2D eigenvalue weighted by atomic mass is 32.1. The van der Waals surface area contributed by atoms with Crippen molar-refractivity contribution in [2.24, 2.45) is 0 Å². The molecule has 1 heterocycles. The maximum atomic E-state index is 2.37. The van der Waals surface area contributed by atoms with Gasteiger partial charge in [0.15, 0.2) is 0 Å². The molecule has 0 aliphatic carbocycles. The monoisotopic (exact) mass is 562 g/mol. The molecule has 0 amide bonds. The highest BCUT2D eigenvalue weighted by molar-refractivity contribution is 7.26. The highest BCUT2D eigenvalue weighted by Crippen LogP contribution is 2.49. The van der Waals surface area contributed by atoms with Gasteiger partial charge in [-0.25, -0.2) is 0 Å². The van der Waals surface area contributed by atoms with Crippen LogP contribution in [0.5, 0.6) is 0 Å². The Hall–Kier alpha value is -5.24. The number of benzene rings is 8. The molecule has 0 N–H and O–H groups in total. The first kappa shape index (κ1) is 24.4. The molecule has 0 unspecified atom stereocenters. The Balaban J connectivity index is 1.43. The van der Waals surface area contributed by atoms with E-state index in [-0.39, 0.29) is 0 Å². The molecule has 200 valence electrons. The zero-order chi connectivity index (χ0) is 28.3. The molecule has 0 fully saturated rings. The molecular formula is C42H26S. The van der Waals surface area contributed by atoms with Crippen LogP contribution in [0.4, 0.5) is 0 Å². The molecule has 0 atom stereocenters. The summed E-state index contributed by atoms with van der Waals surface area (Å²) < 4.78 is 2.67. The Kier molecular flexibility index (Phi) is 5.47. The lowest BCUT2D eigenvalue weighted by atomic mass is 9.84. The molecule has 0 radical (unpaired) electrons. The molecule has 0 saturated carbocycles. The molecule has 0 saturated heterocycles. The van der Waals surface area contributed by atoms with Crippen molar-refractivity contribution in [1.82, 2.24) is 0 Å². The van der Waals surface area contributed by atoms with Gasteiger partial charge in [-0.3, -0.25) is 0 Å². The van der Waals surface area contributed by atoms with Crippen molar-refractivity contribution in [2.45, 2.75) is 0 Å². The maximum Gasteiger partial charge on any atom is 0.0440 e. The first-order valence-electron chi connectivity index (χ1n) is 14.8. The molecule has 1 heteroatoms. The second kappa shape index (κ2) is 9.66. The predicted octanol–water partition coefficient (Wildman–Crippen LogP) is 12.5. The lowest BCUT2D eigenvalue weighted by molar-refractivity contribution is 1.66. The van der Waals surface area contributed by atoms with E-state index in [2.05, 4.69) is 158 Å². The van der Waals surface area contributed by atoms with E-state index in [1.165, 1.54) is 85.9 Å². The number of hydrogen-bond acceptors (Lipinski definition) is 1. The van der Waals surface area contributed by atoms with Crippen molar-refractivity contribution in [3.8, 4) is 33.4 Å². The summed E-state index contributed by atoms with van der Waals surface area (Å²) in [5, 5.41) is 10.3. The summed E-state index contributed by atoms with van der Waals surface area (Å²) in [6.07, 6.45) is 0. The standard InChI is InChI=1S/C42H26S/c1-2-13-28(14-3-1)31-24-25-37(41-36-20-10-11-21-38(36)43-42(31)41)40-34-18-8-6-16-32(34)39(33-17-7-9-19-35(33)40)30-23-22-27-12-4-5-15-29(27)26-30/h1-26H. The summed E-state index contributed by atoms with van der Waals surface area (Å²) >= 11 is 1.90. The van der Waals surface area contributed by atoms with Gasteiger partial charge >= 0.3 is 0 Å². The van der Waals surface area contributed by atoms with Gasteiger partial charge in [0.2, 0.25) is 0 Å². The predicted molar refractivity (Wildman–Crippen MR) is 188 cm³/mol. The summed E-state index contributed by atoms with van der Waals surface area (Å²) in [4.78, 5) is 0. The summed E-state index contributed by atoms with van der Waals surface area (Å²) in [5.74, 6) is 0. The average molecular weight is 563 g/mol. The molecule has 9 aromatic rings. The SMILES string of the molecule is c1ccc(-c2ccc(-c3c4ccccc4c(-c4ccc5ccccc5c4)c4ccccc34)c3c2sc2ccccc23)cc1. The van der Waals surface area contributed by atoms with E-state index in [1.807, 2.05) is 11.3 Å². The van der Waals surface area contributed by atoms with E-state index in [0.29, 0.717) is 0 Å². The van der Waals surface area contributed by atoms with Crippen LogP contribution in [0.25, 0.3) is 85.9 Å². The minimum atomic E-state index is 1.25. The van der Waals surface area contributed by atoms with Gasteiger partial charge in [0.1, 0.15) is 0 Å². The molecule has 8 aromatic carbocycles. The van der Waals surface area contributed by atoms with Gasteiger partial charge in [-0.05, 0) is 77.8 Å². The van der Waals surface area contributed by atoms with Crippen LogP contribution in [0.2, 0.25) is 0 Å². The number of thiophene rings is 1. The third-order valence-electron chi connectivity index (χ3n) is 8.85. The van der Waals surface area contributed by atoms with Crippen molar-refractivity contribution in [3.63, 3.8) is 0 Å². The first-order chi connectivity index (χ1) is 21.3. The van der Waals surface area contributed by atoms with Gasteiger partial charge in [0, 0.05) is 20.2 Å². The van der Waals surface area contributed by atoms with E-state index >= 15 is 0 Å². The molecule has 1 aromatic heterocycles. The Labute approximate surface area is 254 Å². The van der Waals surface area contributed by atoms with Crippen LogP contribution in [0.15, 0.2) is 158 Å². The fourth-order valence-corrected chi connectivity index (χ4v) is 8.22. The van der Waals surface area contributed by atoms with E-state index < -0.39 is 0 Å². The number of fused-ring (bicyclic) bond motifs is 6. The van der Waals surface area contributed by atoms with Gasteiger partial charge in [-0.15, -0.1) is 11.3 Å². The minimum Gasteiger partial charge on any atom is -0.135 e. The van der Waals surface area contributed by atoms with Crippen LogP contribution >= 0.6 is 11.3 Å². The average Bonchev–Trinajstić information content (AvgIpc) is 3.47. The highest BCUT2D eigenvalue weighted by Gasteiger charge is 2.21. The molecule has 0 bridgehead atoms. The smallest absolute Gasteiger partial charge is 0.0440 e. The fourth-order valence-electron chi connectivity index (χ4n) is 6.96. The van der Waals surface area contributed by atoms with Gasteiger partial charge in [-0.2, -0.15) is 0 Å². The van der Waals surface area contributed by atoms with Crippen molar-refractivity contribution >= 4 is 63.8 Å². The zero-order valence-corrected chi connectivity index (χ0v) is 24.2. The van der Waals surface area contributed by atoms with Crippen LogP contribution in [-0.2, 0) is 0 Å². The molecule has 9 rings (SSSR count). The second-order valence-electron chi connectivity index (χ2n) is 11.2. The lowest BCUT2D eigenvalue weighted by Gasteiger charge is -2.19. The Morgan fingerprint density at radius 2 is 0.907 bits per heavy atom. The Morgan fingerprint density at radius 1 is 0.349 bits per heavy atom. The maximum absolute atomic E-state index is 2.37. The quantitative estimate of drug-likeness (QED) is 0.188. The van der Waals surface area contributed by atoms with Crippen molar-refractivity contribution in [1.29, 1.82) is 0 Å². The van der Waals surface area contributed by atoms with E-state index in [0.717, 1.165) is 0 Å². The molecule has 0 spiro atoms. The van der Waals surface area contributed by atoms with Crippen LogP contribution in [0.3, 0.4) is 0 Å². The third kappa shape index (κ3) is 3.75. The van der Waals surface area contributed by atoms with Crippen molar-refractivity contribution < 1.29 is 0 Å². The summed E-state index contributed by atoms with van der Waals surface area (Å²) in [5.41, 5.74) is 7.71. The zero-order valence-electron chi connectivity index (χ0n) is 23.4. The van der Waals surface area contributed by atoms with Crippen LogP contribution in [0.1, 0.15) is 0 Å². The van der Waals surface area contributed by atoms with Crippen LogP contribution < -0.4 is 0 Å². The fraction of sp³-hybridized carbons (Fsp3) is 0. The molecule has 43 heavy (non-hydrogen) atoms.